The highest BCUT2D eigenvalue weighted by atomic mass is 35.5. The third-order valence-corrected chi connectivity index (χ3v) is 6.62. The fourth-order valence-corrected chi connectivity index (χ4v) is 4.60. The van der Waals surface area contributed by atoms with Gasteiger partial charge in [-0.15, -0.1) is 10.2 Å². The van der Waals surface area contributed by atoms with Crippen molar-refractivity contribution in [2.24, 2.45) is 0 Å². The summed E-state index contributed by atoms with van der Waals surface area (Å²) in [6.07, 6.45) is 3.61. The molecule has 3 heterocycles. The number of hydrogen-bond donors (Lipinski definition) is 0. The van der Waals surface area contributed by atoms with Crippen molar-refractivity contribution in [3.8, 4) is 10.8 Å². The highest BCUT2D eigenvalue weighted by Gasteiger charge is 2.33. The fraction of sp³-hybridized carbons (Fsp3) is 0.421. The van der Waals surface area contributed by atoms with Crippen LogP contribution in [0.1, 0.15) is 60.2 Å². The van der Waals surface area contributed by atoms with Crippen molar-refractivity contribution in [3.05, 3.63) is 46.5 Å². The number of halogens is 1. The molecule has 5 rings (SSSR count). The smallest absolute Gasteiger partial charge is 0.254 e. The van der Waals surface area contributed by atoms with Crippen molar-refractivity contribution in [2.45, 2.75) is 44.7 Å². The largest absolute Gasteiger partial charge is 0.327 e. The molecule has 9 heteroatoms. The molecule has 1 saturated carbocycles. The van der Waals surface area contributed by atoms with Crippen molar-refractivity contribution in [1.82, 2.24) is 29.0 Å². The quantitative estimate of drug-likeness (QED) is 0.648. The minimum absolute atomic E-state index is 0.0249. The third-order valence-electron chi connectivity index (χ3n) is 5.64. The molecular weight excluding hydrogens is 396 g/mol. The molecule has 0 spiro atoms. The van der Waals surface area contributed by atoms with Crippen LogP contribution in [0.15, 0.2) is 24.3 Å². The predicted octanol–water partition coefficient (Wildman–Crippen LogP) is 3.93. The summed E-state index contributed by atoms with van der Waals surface area (Å²) in [7, 11) is 0. The number of aromatic nitrogens is 5. The van der Waals surface area contributed by atoms with Gasteiger partial charge in [-0.25, -0.2) is 4.98 Å². The number of carbonyl (C=O) groups is 1. The van der Waals surface area contributed by atoms with Crippen LogP contribution in [0.2, 0.25) is 5.02 Å². The maximum absolute atomic E-state index is 12.9. The molecule has 0 saturated heterocycles. The Morgan fingerprint density at radius 2 is 1.96 bits per heavy atom. The zero-order chi connectivity index (χ0) is 19.3. The van der Waals surface area contributed by atoms with E-state index in [0.29, 0.717) is 29.6 Å². The lowest BCUT2D eigenvalue weighted by Gasteiger charge is -2.33. The van der Waals surface area contributed by atoms with Gasteiger partial charge in [0, 0.05) is 29.6 Å². The molecule has 3 aromatic rings. The van der Waals surface area contributed by atoms with Crippen LogP contribution < -0.4 is 0 Å². The predicted molar refractivity (Wildman–Crippen MR) is 106 cm³/mol. The molecule has 0 bridgehead atoms. The van der Waals surface area contributed by atoms with Crippen LogP contribution >= 0.6 is 23.1 Å². The number of fused-ring (bicyclic) bond motifs is 1. The van der Waals surface area contributed by atoms with Crippen LogP contribution in [-0.4, -0.2) is 41.5 Å². The molecule has 1 atom stereocenters. The first-order valence-corrected chi connectivity index (χ1v) is 10.6. The molecule has 2 aromatic heterocycles. The number of rotatable bonds is 3. The molecule has 1 amide bonds. The zero-order valence-electron chi connectivity index (χ0n) is 15.4. The van der Waals surface area contributed by atoms with E-state index in [0.717, 1.165) is 22.5 Å². The number of carbonyl (C=O) groups excluding carboxylic acids is 1. The van der Waals surface area contributed by atoms with E-state index in [-0.39, 0.29) is 11.9 Å². The maximum atomic E-state index is 12.9. The van der Waals surface area contributed by atoms with Crippen molar-refractivity contribution < 1.29 is 4.79 Å². The molecular formula is C19H19ClN6OS. The molecule has 2 aliphatic rings. The first-order chi connectivity index (χ1) is 13.6. The van der Waals surface area contributed by atoms with Gasteiger partial charge >= 0.3 is 0 Å². The third kappa shape index (κ3) is 2.91. The van der Waals surface area contributed by atoms with Gasteiger partial charge in [-0.3, -0.25) is 4.79 Å². The Morgan fingerprint density at radius 1 is 1.18 bits per heavy atom. The molecule has 0 unspecified atom stereocenters. The Bertz CT molecular complexity index is 1030. The van der Waals surface area contributed by atoms with E-state index < -0.39 is 0 Å². The average Bonchev–Trinajstić information content (AvgIpc) is 3.28. The maximum Gasteiger partial charge on any atom is 0.254 e. The summed E-state index contributed by atoms with van der Waals surface area (Å²) in [4.78, 5) is 19.5. The average molecular weight is 415 g/mol. The van der Waals surface area contributed by atoms with Gasteiger partial charge in [-0.05, 0) is 55.6 Å². The Labute approximate surface area is 171 Å². The summed E-state index contributed by atoms with van der Waals surface area (Å²) < 4.78 is 6.60. The van der Waals surface area contributed by atoms with Gasteiger partial charge in [0.1, 0.15) is 5.82 Å². The van der Waals surface area contributed by atoms with Crippen molar-refractivity contribution in [3.63, 3.8) is 0 Å². The summed E-state index contributed by atoms with van der Waals surface area (Å²) in [5, 5.41) is 10.2. The van der Waals surface area contributed by atoms with Gasteiger partial charge in [0.05, 0.1) is 6.04 Å². The van der Waals surface area contributed by atoms with Crippen LogP contribution in [0.3, 0.4) is 0 Å². The molecule has 7 nitrogen and oxygen atoms in total. The van der Waals surface area contributed by atoms with Crippen molar-refractivity contribution in [1.29, 1.82) is 0 Å². The van der Waals surface area contributed by atoms with E-state index >= 15 is 0 Å². The van der Waals surface area contributed by atoms with E-state index in [1.54, 1.807) is 24.3 Å². The molecule has 28 heavy (non-hydrogen) atoms. The van der Waals surface area contributed by atoms with Gasteiger partial charge in [0.25, 0.3) is 5.91 Å². The van der Waals surface area contributed by atoms with Crippen LogP contribution in [0.4, 0.5) is 0 Å². The number of benzene rings is 1. The fourth-order valence-electron chi connectivity index (χ4n) is 3.74. The molecule has 144 valence electrons. The molecule has 0 radical (unpaired) electrons. The highest BCUT2D eigenvalue weighted by molar-refractivity contribution is 7.09. The lowest BCUT2D eigenvalue weighted by atomic mass is 9.85. The second-order valence-electron chi connectivity index (χ2n) is 7.30. The molecule has 0 N–H and O–H groups in total. The lowest BCUT2D eigenvalue weighted by molar-refractivity contribution is 0.0638. The van der Waals surface area contributed by atoms with E-state index in [1.165, 1.54) is 30.8 Å². The normalized spacial score (nSPS) is 19.4. The topological polar surface area (TPSA) is 76.8 Å². The van der Waals surface area contributed by atoms with Crippen LogP contribution in [-0.2, 0) is 6.54 Å². The van der Waals surface area contributed by atoms with Gasteiger partial charge < -0.3 is 9.47 Å². The Morgan fingerprint density at radius 3 is 2.68 bits per heavy atom. The molecule has 1 aromatic carbocycles. The van der Waals surface area contributed by atoms with Crippen LogP contribution in [0.5, 0.6) is 0 Å². The van der Waals surface area contributed by atoms with E-state index in [2.05, 4.69) is 19.1 Å². The molecule has 1 aliphatic carbocycles. The van der Waals surface area contributed by atoms with E-state index in [1.807, 2.05) is 11.8 Å². The highest BCUT2D eigenvalue weighted by Crippen LogP contribution is 2.37. The number of amides is 1. The summed E-state index contributed by atoms with van der Waals surface area (Å²) >= 11 is 7.32. The molecule has 1 fully saturated rings. The van der Waals surface area contributed by atoms with Gasteiger partial charge in [0.2, 0.25) is 0 Å². The first kappa shape index (κ1) is 17.8. The molecule has 1 aliphatic heterocycles. The second kappa shape index (κ2) is 6.93. The van der Waals surface area contributed by atoms with Crippen molar-refractivity contribution in [2.75, 3.05) is 6.54 Å². The minimum Gasteiger partial charge on any atom is -0.327 e. The van der Waals surface area contributed by atoms with Crippen molar-refractivity contribution >= 4 is 29.0 Å². The van der Waals surface area contributed by atoms with Gasteiger partial charge in [-0.1, -0.05) is 18.0 Å². The second-order valence-corrected chi connectivity index (χ2v) is 8.49. The minimum atomic E-state index is -0.169. The zero-order valence-corrected chi connectivity index (χ0v) is 16.9. The first-order valence-electron chi connectivity index (χ1n) is 9.45. The summed E-state index contributed by atoms with van der Waals surface area (Å²) in [5.74, 6) is 2.95. The number of nitrogens with zero attached hydrogens (tertiary/aromatic N) is 6. The number of hydrogen-bond acceptors (Lipinski definition) is 6. The van der Waals surface area contributed by atoms with Gasteiger partial charge in [-0.2, -0.15) is 4.37 Å². The van der Waals surface area contributed by atoms with Crippen LogP contribution in [0.25, 0.3) is 10.8 Å². The summed E-state index contributed by atoms with van der Waals surface area (Å²) in [6, 6.07) is 6.81. The Hall–Kier alpha value is -2.32. The lowest BCUT2D eigenvalue weighted by Crippen LogP contribution is -2.41. The van der Waals surface area contributed by atoms with E-state index in [4.69, 9.17) is 16.6 Å². The Balaban J connectivity index is 1.40. The summed E-state index contributed by atoms with van der Waals surface area (Å²) in [6.45, 7) is 3.21. The summed E-state index contributed by atoms with van der Waals surface area (Å²) in [5.41, 5.74) is 0.624. The van der Waals surface area contributed by atoms with Gasteiger partial charge in [0.15, 0.2) is 16.7 Å². The van der Waals surface area contributed by atoms with E-state index in [9.17, 15) is 4.79 Å². The Kier molecular flexibility index (Phi) is 4.40. The monoisotopic (exact) mass is 414 g/mol. The standard InChI is InChI=1S/C19H19ClN6OS/c1-11-16-22-23-17(18-21-15(24-28-18)12-3-2-4-12)26(16)10-9-25(11)19(27)13-5-7-14(20)8-6-13/h5-8,11-12H,2-4,9-10H2,1H3/t11-/m1/s1. The SMILES string of the molecule is C[C@@H]1c2nnc(-c3nc(C4CCC4)ns3)n2CCN1C(=O)c1ccc(Cl)cc1. The van der Waals surface area contributed by atoms with Crippen LogP contribution in [0, 0.1) is 0 Å².